The molecule has 116 valence electrons. The number of carbonyl (C=O) groups is 2. The van der Waals surface area contributed by atoms with Gasteiger partial charge in [-0.15, -0.1) is 0 Å². The molecule has 0 aliphatic carbocycles. The molecule has 0 saturated heterocycles. The van der Waals surface area contributed by atoms with E-state index in [-0.39, 0.29) is 24.1 Å². The molecule has 1 unspecified atom stereocenters. The number of hydrogen-bond donors (Lipinski definition) is 1. The van der Waals surface area contributed by atoms with E-state index in [1.54, 1.807) is 24.1 Å². The van der Waals surface area contributed by atoms with Crippen molar-refractivity contribution in [2.45, 2.75) is 26.2 Å². The smallest absolute Gasteiger partial charge is 0.303 e. The molecule has 4 nitrogen and oxygen atoms in total. The first kappa shape index (κ1) is 17.6. The minimum atomic E-state index is -0.861. The molecule has 6 heteroatoms. The lowest BCUT2D eigenvalue weighted by Gasteiger charge is -2.21. The molecule has 0 spiro atoms. The van der Waals surface area contributed by atoms with Crippen molar-refractivity contribution >= 4 is 27.8 Å². The van der Waals surface area contributed by atoms with Gasteiger partial charge in [0.05, 0.1) is 4.47 Å². The maximum atomic E-state index is 13.2. The molecule has 0 aliphatic heterocycles. The number of nitrogens with zero attached hydrogens (tertiary/aromatic N) is 1. The van der Waals surface area contributed by atoms with E-state index in [0.29, 0.717) is 23.9 Å². The maximum absolute atomic E-state index is 13.2. The van der Waals surface area contributed by atoms with Gasteiger partial charge in [-0.25, -0.2) is 4.39 Å². The van der Waals surface area contributed by atoms with Crippen LogP contribution in [0.1, 0.15) is 25.3 Å². The summed E-state index contributed by atoms with van der Waals surface area (Å²) in [4.78, 5) is 24.2. The molecule has 1 rings (SSSR count). The Hall–Kier alpha value is -1.43. The number of carbonyl (C=O) groups excluding carboxylic acids is 1. The first-order valence-electron chi connectivity index (χ1n) is 6.72. The molecule has 1 aromatic rings. The number of amides is 1. The number of aliphatic carboxylic acids is 1. The molecular weight excluding hydrogens is 341 g/mol. The summed E-state index contributed by atoms with van der Waals surface area (Å²) in [5.74, 6) is -1.47. The van der Waals surface area contributed by atoms with E-state index in [2.05, 4.69) is 15.9 Å². The molecule has 1 aromatic carbocycles. The summed E-state index contributed by atoms with van der Waals surface area (Å²) >= 11 is 3.12. The first-order valence-corrected chi connectivity index (χ1v) is 7.51. The van der Waals surface area contributed by atoms with E-state index in [4.69, 9.17) is 5.11 Å². The van der Waals surface area contributed by atoms with Crippen LogP contribution >= 0.6 is 15.9 Å². The highest BCUT2D eigenvalue weighted by Crippen LogP contribution is 2.19. The third kappa shape index (κ3) is 5.83. The van der Waals surface area contributed by atoms with Crippen molar-refractivity contribution in [2.75, 3.05) is 13.6 Å². The van der Waals surface area contributed by atoms with Crippen LogP contribution in [0.25, 0.3) is 0 Å². The van der Waals surface area contributed by atoms with Gasteiger partial charge >= 0.3 is 5.97 Å². The van der Waals surface area contributed by atoms with Crippen molar-refractivity contribution in [1.29, 1.82) is 0 Å². The molecule has 0 heterocycles. The summed E-state index contributed by atoms with van der Waals surface area (Å²) in [7, 11) is 1.67. The molecule has 1 atom stereocenters. The number of carboxylic acid groups (broad SMARTS) is 1. The second kappa shape index (κ2) is 8.12. The van der Waals surface area contributed by atoms with Gasteiger partial charge in [0.2, 0.25) is 5.91 Å². The number of rotatable bonds is 7. The van der Waals surface area contributed by atoms with Crippen LogP contribution in [0, 0.1) is 11.7 Å². The Bertz CT molecular complexity index is 522. The highest BCUT2D eigenvalue weighted by molar-refractivity contribution is 9.10. The zero-order chi connectivity index (χ0) is 16.0. The molecule has 0 fully saturated rings. The summed E-state index contributed by atoms with van der Waals surface area (Å²) in [6.07, 6.45) is 1.00. The van der Waals surface area contributed by atoms with Crippen molar-refractivity contribution in [2.24, 2.45) is 5.92 Å². The number of hydrogen-bond acceptors (Lipinski definition) is 2. The average Bonchev–Trinajstić information content (AvgIpc) is 2.41. The third-order valence-electron chi connectivity index (χ3n) is 3.21. The van der Waals surface area contributed by atoms with Crippen molar-refractivity contribution in [3.8, 4) is 0 Å². The zero-order valence-corrected chi connectivity index (χ0v) is 13.7. The zero-order valence-electron chi connectivity index (χ0n) is 12.1. The van der Waals surface area contributed by atoms with Crippen molar-refractivity contribution in [3.05, 3.63) is 34.1 Å². The molecule has 0 aromatic heterocycles. The van der Waals surface area contributed by atoms with Crippen LogP contribution in [0.3, 0.4) is 0 Å². The van der Waals surface area contributed by atoms with E-state index >= 15 is 0 Å². The van der Waals surface area contributed by atoms with Crippen LogP contribution in [0.5, 0.6) is 0 Å². The Kier molecular flexibility index (Phi) is 6.81. The molecule has 0 radical (unpaired) electrons. The summed E-state index contributed by atoms with van der Waals surface area (Å²) < 4.78 is 13.5. The van der Waals surface area contributed by atoms with Gasteiger partial charge < -0.3 is 10.0 Å². The monoisotopic (exact) mass is 359 g/mol. The summed E-state index contributed by atoms with van der Waals surface area (Å²) in [6, 6.07) is 4.70. The molecule has 0 saturated carbocycles. The fourth-order valence-corrected chi connectivity index (χ4v) is 2.49. The molecule has 1 N–H and O–H groups in total. The van der Waals surface area contributed by atoms with E-state index < -0.39 is 5.97 Å². The second-order valence-corrected chi connectivity index (χ2v) is 5.97. The highest BCUT2D eigenvalue weighted by Gasteiger charge is 2.18. The van der Waals surface area contributed by atoms with Gasteiger partial charge in [0.25, 0.3) is 0 Å². The normalized spacial score (nSPS) is 12.0. The van der Waals surface area contributed by atoms with Gasteiger partial charge in [0.15, 0.2) is 0 Å². The van der Waals surface area contributed by atoms with Crippen LogP contribution in [-0.4, -0.2) is 35.5 Å². The Morgan fingerprint density at radius 3 is 2.67 bits per heavy atom. The lowest BCUT2D eigenvalue weighted by Crippen LogP contribution is -2.33. The Labute approximate surface area is 132 Å². The van der Waals surface area contributed by atoms with E-state index in [1.165, 1.54) is 6.07 Å². The van der Waals surface area contributed by atoms with E-state index in [9.17, 15) is 14.0 Å². The SMILES string of the molecule is CC(Cc1ccc(F)c(Br)c1)C(=O)N(C)CCCC(=O)O. The maximum Gasteiger partial charge on any atom is 0.303 e. The van der Waals surface area contributed by atoms with Gasteiger partial charge in [-0.1, -0.05) is 13.0 Å². The van der Waals surface area contributed by atoms with E-state index in [1.807, 2.05) is 6.92 Å². The standard InChI is InChI=1S/C15H19BrFNO3/c1-10(8-11-5-6-13(17)12(16)9-11)15(21)18(2)7-3-4-14(19)20/h5-6,9-10H,3-4,7-8H2,1-2H3,(H,19,20). The minimum absolute atomic E-state index is 0.0409. The number of benzene rings is 1. The Morgan fingerprint density at radius 1 is 1.43 bits per heavy atom. The molecule has 0 aliphatic rings. The predicted octanol–water partition coefficient (Wildman–Crippen LogP) is 3.09. The predicted molar refractivity (Wildman–Crippen MR) is 81.5 cm³/mol. The summed E-state index contributed by atoms with van der Waals surface area (Å²) in [6.45, 7) is 2.23. The molecular formula is C15H19BrFNO3. The van der Waals surface area contributed by atoms with Crippen LogP contribution in [-0.2, 0) is 16.0 Å². The fourth-order valence-electron chi connectivity index (χ4n) is 2.06. The van der Waals surface area contributed by atoms with Crippen LogP contribution in [0.4, 0.5) is 4.39 Å². The van der Waals surface area contributed by atoms with Crippen molar-refractivity contribution < 1.29 is 19.1 Å². The van der Waals surface area contributed by atoms with Gasteiger partial charge in [-0.05, 0) is 46.5 Å². The Morgan fingerprint density at radius 2 is 2.10 bits per heavy atom. The minimum Gasteiger partial charge on any atom is -0.481 e. The molecule has 0 bridgehead atoms. The topological polar surface area (TPSA) is 57.6 Å². The van der Waals surface area contributed by atoms with Gasteiger partial charge in [0.1, 0.15) is 5.82 Å². The summed E-state index contributed by atoms with van der Waals surface area (Å²) in [5.41, 5.74) is 0.878. The lowest BCUT2D eigenvalue weighted by molar-refractivity contribution is -0.138. The number of halogens is 2. The van der Waals surface area contributed by atoms with Crippen LogP contribution in [0.15, 0.2) is 22.7 Å². The largest absolute Gasteiger partial charge is 0.481 e. The molecule has 21 heavy (non-hydrogen) atoms. The van der Waals surface area contributed by atoms with E-state index in [0.717, 1.165) is 5.56 Å². The average molecular weight is 360 g/mol. The number of carboxylic acids is 1. The Balaban J connectivity index is 2.53. The lowest BCUT2D eigenvalue weighted by atomic mass is 10.00. The fraction of sp³-hybridized carbons (Fsp3) is 0.467. The summed E-state index contributed by atoms with van der Waals surface area (Å²) in [5, 5.41) is 8.58. The van der Waals surface area contributed by atoms with Crippen molar-refractivity contribution in [3.63, 3.8) is 0 Å². The molecule has 1 amide bonds. The van der Waals surface area contributed by atoms with Crippen LogP contribution < -0.4 is 0 Å². The van der Waals surface area contributed by atoms with Gasteiger partial charge in [-0.3, -0.25) is 9.59 Å². The second-order valence-electron chi connectivity index (χ2n) is 5.11. The van der Waals surface area contributed by atoms with Gasteiger partial charge in [-0.2, -0.15) is 0 Å². The quantitative estimate of drug-likeness (QED) is 0.813. The first-order chi connectivity index (χ1) is 9.81. The third-order valence-corrected chi connectivity index (χ3v) is 3.82. The van der Waals surface area contributed by atoms with Crippen LogP contribution in [0.2, 0.25) is 0 Å². The van der Waals surface area contributed by atoms with Crippen molar-refractivity contribution in [1.82, 2.24) is 4.90 Å². The highest BCUT2D eigenvalue weighted by atomic mass is 79.9. The van der Waals surface area contributed by atoms with Gasteiger partial charge in [0, 0.05) is 25.9 Å².